The van der Waals surface area contributed by atoms with Crippen LogP contribution in [0, 0.1) is 0 Å². The van der Waals surface area contributed by atoms with Gasteiger partial charge in [-0.3, -0.25) is 9.78 Å². The number of rotatable bonds is 9. The second-order valence-corrected chi connectivity index (χ2v) is 12.0. The van der Waals surface area contributed by atoms with Crippen LogP contribution in [0.15, 0.2) is 65.8 Å². The lowest BCUT2D eigenvalue weighted by molar-refractivity contribution is -0.139. The lowest BCUT2D eigenvalue weighted by atomic mass is 10.1. The third kappa shape index (κ3) is 7.53. The number of hydrogen-bond donors (Lipinski definition) is 4. The molecular weight excluding hydrogens is 593 g/mol. The number of piperidine rings is 1. The number of carbonyl (C=O) groups is 3. The number of benzene rings is 2. The number of pyridine rings is 1. The monoisotopic (exact) mass is 619 g/mol. The second-order valence-electron chi connectivity index (χ2n) is 9.28. The van der Waals surface area contributed by atoms with E-state index >= 15 is 0 Å². The molecule has 0 unspecified atom stereocenters. The van der Waals surface area contributed by atoms with Crippen LogP contribution < -0.4 is 16.0 Å². The predicted molar refractivity (Wildman–Crippen MR) is 155 cm³/mol. The van der Waals surface area contributed by atoms with Gasteiger partial charge in [0.2, 0.25) is 10.0 Å². The average Bonchev–Trinajstić information content (AvgIpc) is 2.94. The largest absolute Gasteiger partial charge is 0.480 e. The summed E-state index contributed by atoms with van der Waals surface area (Å²) < 4.78 is 27.8. The van der Waals surface area contributed by atoms with Gasteiger partial charge in [0.25, 0.3) is 5.91 Å². The number of nitrogens with one attached hydrogen (secondary N) is 3. The summed E-state index contributed by atoms with van der Waals surface area (Å²) in [5.41, 5.74) is 1.09. The summed E-state index contributed by atoms with van der Waals surface area (Å²) in [4.78, 5) is 41.0. The average molecular weight is 621 g/mol. The minimum absolute atomic E-state index is 0.0502. The lowest BCUT2D eigenvalue weighted by Gasteiger charge is -2.27. The fourth-order valence-corrected chi connectivity index (χ4v) is 6.54. The number of aromatic nitrogens is 1. The van der Waals surface area contributed by atoms with E-state index < -0.39 is 34.0 Å². The van der Waals surface area contributed by atoms with E-state index in [1.807, 2.05) is 0 Å². The Morgan fingerprint density at radius 3 is 2.20 bits per heavy atom. The number of anilines is 2. The van der Waals surface area contributed by atoms with E-state index in [1.54, 1.807) is 36.4 Å². The molecule has 14 heteroatoms. The molecule has 4 N–H and O–H groups in total. The molecule has 1 aliphatic rings. The molecule has 216 valence electrons. The summed E-state index contributed by atoms with van der Waals surface area (Å²) >= 11 is 12.1. The van der Waals surface area contributed by atoms with Crippen molar-refractivity contribution >= 4 is 62.5 Å². The van der Waals surface area contributed by atoms with Crippen LogP contribution in [-0.2, 0) is 21.2 Å². The molecule has 3 amide bonds. The van der Waals surface area contributed by atoms with Gasteiger partial charge in [-0.05, 0) is 42.7 Å². The number of halogens is 2. The highest BCUT2D eigenvalue weighted by molar-refractivity contribution is 7.89. The smallest absolute Gasteiger partial charge is 0.326 e. The van der Waals surface area contributed by atoms with Crippen molar-refractivity contribution in [3.63, 3.8) is 0 Å². The van der Waals surface area contributed by atoms with Crippen molar-refractivity contribution in [2.24, 2.45) is 0 Å². The SMILES string of the molecule is O=C(Nc1ccccc1S(=O)(=O)N1CCCCC1)N[C@@H](Cc1ccc(NC(=O)c2c(Cl)cncc2Cl)cc1)C(=O)O. The van der Waals surface area contributed by atoms with Crippen LogP contribution in [-0.4, -0.2) is 59.9 Å². The quantitative estimate of drug-likeness (QED) is 0.272. The molecule has 0 spiro atoms. The number of urea groups is 1. The lowest BCUT2D eigenvalue weighted by Crippen LogP contribution is -2.44. The van der Waals surface area contributed by atoms with Gasteiger partial charge in [0.1, 0.15) is 10.9 Å². The predicted octanol–water partition coefficient (Wildman–Crippen LogP) is 4.63. The number of aliphatic carboxylic acids is 1. The van der Waals surface area contributed by atoms with E-state index in [4.69, 9.17) is 23.2 Å². The van der Waals surface area contributed by atoms with Crippen molar-refractivity contribution in [1.82, 2.24) is 14.6 Å². The highest BCUT2D eigenvalue weighted by Gasteiger charge is 2.29. The Morgan fingerprint density at radius 2 is 1.56 bits per heavy atom. The Kier molecular flexibility index (Phi) is 9.81. The highest BCUT2D eigenvalue weighted by atomic mass is 35.5. The zero-order chi connectivity index (χ0) is 29.6. The molecule has 2 aromatic carbocycles. The standard InChI is InChI=1S/C27H27Cl2N5O6S/c28-19-15-30-16-20(29)24(19)25(35)31-18-10-8-17(9-11-18)14-22(26(36)37)33-27(38)32-21-6-2-3-7-23(21)41(39,40)34-12-4-1-5-13-34/h2-3,6-11,15-16,22H,1,4-5,12-14H2,(H,31,35)(H,36,37)(H2,32,33,38)/t22-/m0/s1. The van der Waals surface area contributed by atoms with Gasteiger partial charge < -0.3 is 21.1 Å². The van der Waals surface area contributed by atoms with E-state index in [0.29, 0.717) is 24.3 Å². The Balaban J connectivity index is 1.41. The molecule has 1 fully saturated rings. The van der Waals surface area contributed by atoms with Crippen molar-refractivity contribution in [3.05, 3.63) is 82.1 Å². The van der Waals surface area contributed by atoms with Crippen LogP contribution in [0.4, 0.5) is 16.2 Å². The number of carboxylic acid groups (broad SMARTS) is 1. The van der Waals surface area contributed by atoms with E-state index in [0.717, 1.165) is 19.3 Å². The van der Waals surface area contributed by atoms with E-state index in [9.17, 15) is 27.9 Å². The van der Waals surface area contributed by atoms with Crippen LogP contribution >= 0.6 is 23.2 Å². The first kappa shape index (κ1) is 30.3. The van der Waals surface area contributed by atoms with Crippen molar-refractivity contribution in [3.8, 4) is 0 Å². The van der Waals surface area contributed by atoms with Crippen molar-refractivity contribution in [1.29, 1.82) is 0 Å². The Labute approximate surface area is 246 Å². The maximum Gasteiger partial charge on any atom is 0.326 e. The molecule has 1 aromatic heterocycles. The highest BCUT2D eigenvalue weighted by Crippen LogP contribution is 2.27. The number of carboxylic acids is 1. The Hall–Kier alpha value is -3.71. The number of nitrogens with zero attached hydrogens (tertiary/aromatic N) is 2. The van der Waals surface area contributed by atoms with E-state index in [1.165, 1.54) is 28.8 Å². The molecule has 0 bridgehead atoms. The third-order valence-electron chi connectivity index (χ3n) is 6.40. The van der Waals surface area contributed by atoms with Gasteiger partial charge in [-0.15, -0.1) is 0 Å². The van der Waals surface area contributed by atoms with E-state index in [-0.39, 0.29) is 32.6 Å². The molecule has 0 radical (unpaired) electrons. The van der Waals surface area contributed by atoms with Gasteiger partial charge in [0.05, 0.1) is 21.3 Å². The molecular formula is C27H27Cl2N5O6S. The summed E-state index contributed by atoms with van der Waals surface area (Å²) in [6.07, 6.45) is 5.00. The Morgan fingerprint density at radius 1 is 0.927 bits per heavy atom. The van der Waals surface area contributed by atoms with Gasteiger partial charge in [0.15, 0.2) is 0 Å². The number of amides is 3. The van der Waals surface area contributed by atoms with Crippen LogP contribution in [0.2, 0.25) is 10.0 Å². The number of para-hydroxylation sites is 1. The van der Waals surface area contributed by atoms with Crippen molar-refractivity contribution in [2.75, 3.05) is 23.7 Å². The second kappa shape index (κ2) is 13.3. The number of hydrogen-bond acceptors (Lipinski definition) is 6. The number of carbonyl (C=O) groups excluding carboxylic acids is 2. The van der Waals surface area contributed by atoms with Crippen molar-refractivity contribution in [2.45, 2.75) is 36.6 Å². The molecule has 1 atom stereocenters. The van der Waals surface area contributed by atoms with Gasteiger partial charge in [-0.1, -0.05) is 53.9 Å². The first-order chi connectivity index (χ1) is 19.6. The van der Waals surface area contributed by atoms with Crippen LogP contribution in [0.25, 0.3) is 0 Å². The van der Waals surface area contributed by atoms with Gasteiger partial charge in [0, 0.05) is 37.6 Å². The molecule has 2 heterocycles. The molecule has 1 aliphatic heterocycles. The summed E-state index contributed by atoms with van der Waals surface area (Å²) in [5, 5.41) is 17.4. The Bertz CT molecular complexity index is 1530. The number of sulfonamides is 1. The topological polar surface area (TPSA) is 158 Å². The summed E-state index contributed by atoms with van der Waals surface area (Å²) in [6.45, 7) is 0.801. The summed E-state index contributed by atoms with van der Waals surface area (Å²) in [5.74, 6) is -1.83. The third-order valence-corrected chi connectivity index (χ3v) is 8.93. The fraction of sp³-hybridized carbons (Fsp3) is 0.259. The zero-order valence-electron chi connectivity index (χ0n) is 21.6. The normalized spacial score (nSPS) is 14.6. The molecule has 0 saturated carbocycles. The zero-order valence-corrected chi connectivity index (χ0v) is 24.0. The van der Waals surface area contributed by atoms with Gasteiger partial charge >= 0.3 is 12.0 Å². The molecule has 1 saturated heterocycles. The van der Waals surface area contributed by atoms with Crippen LogP contribution in [0.5, 0.6) is 0 Å². The van der Waals surface area contributed by atoms with Gasteiger partial charge in [-0.2, -0.15) is 4.31 Å². The van der Waals surface area contributed by atoms with Crippen molar-refractivity contribution < 1.29 is 27.9 Å². The maximum absolute atomic E-state index is 13.2. The first-order valence-corrected chi connectivity index (χ1v) is 14.8. The first-order valence-electron chi connectivity index (χ1n) is 12.6. The molecule has 4 rings (SSSR count). The molecule has 3 aromatic rings. The minimum Gasteiger partial charge on any atom is -0.480 e. The molecule has 11 nitrogen and oxygen atoms in total. The molecule has 41 heavy (non-hydrogen) atoms. The minimum atomic E-state index is -3.84. The molecule has 0 aliphatic carbocycles. The summed E-state index contributed by atoms with van der Waals surface area (Å²) in [6, 6.07) is 10.1. The van der Waals surface area contributed by atoms with Crippen LogP contribution in [0.3, 0.4) is 0 Å². The van der Waals surface area contributed by atoms with Crippen LogP contribution in [0.1, 0.15) is 35.2 Å². The summed E-state index contributed by atoms with van der Waals surface area (Å²) in [7, 11) is -3.84. The van der Waals surface area contributed by atoms with Gasteiger partial charge in [-0.25, -0.2) is 18.0 Å². The fourth-order valence-electron chi connectivity index (χ4n) is 4.34. The maximum atomic E-state index is 13.2. The van der Waals surface area contributed by atoms with E-state index in [2.05, 4.69) is 20.9 Å².